The summed E-state index contributed by atoms with van der Waals surface area (Å²) in [5, 5.41) is 9.97. The van der Waals surface area contributed by atoms with Gasteiger partial charge in [0.25, 0.3) is 0 Å². The average Bonchev–Trinajstić information content (AvgIpc) is 2.71. The van der Waals surface area contributed by atoms with Crippen LogP contribution in [0.1, 0.15) is 19.0 Å². The van der Waals surface area contributed by atoms with Crippen LogP contribution in [0.4, 0.5) is 5.13 Å². The van der Waals surface area contributed by atoms with Crippen molar-refractivity contribution >= 4 is 40.1 Å². The van der Waals surface area contributed by atoms with Crippen molar-refractivity contribution in [2.75, 3.05) is 12.4 Å². The van der Waals surface area contributed by atoms with Crippen LogP contribution in [0.3, 0.4) is 0 Å². The maximum absolute atomic E-state index is 7.46. The summed E-state index contributed by atoms with van der Waals surface area (Å²) in [6, 6.07) is 0. The molecule has 0 bridgehead atoms. The Hall–Kier alpha value is -1.28. The number of thiazole rings is 1. The molecule has 0 fully saturated rings. The Morgan fingerprint density at radius 1 is 1.61 bits per heavy atom. The van der Waals surface area contributed by atoms with E-state index in [2.05, 4.69) is 9.98 Å². The smallest absolute Gasteiger partial charge is 0.212 e. The van der Waals surface area contributed by atoms with E-state index in [1.54, 1.807) is 11.8 Å². The van der Waals surface area contributed by atoms with E-state index in [9.17, 15) is 0 Å². The molecule has 0 spiro atoms. The van der Waals surface area contributed by atoms with Gasteiger partial charge in [-0.15, -0.1) is 11.3 Å². The fourth-order valence-electron chi connectivity index (χ4n) is 1.11. The van der Waals surface area contributed by atoms with Crippen molar-refractivity contribution in [3.63, 3.8) is 0 Å². The van der Waals surface area contributed by atoms with Crippen molar-refractivity contribution in [3.05, 3.63) is 11.1 Å². The van der Waals surface area contributed by atoms with E-state index in [4.69, 9.17) is 21.6 Å². The van der Waals surface area contributed by atoms with Gasteiger partial charge in [-0.3, -0.25) is 5.41 Å². The SMILES string of the molecule is CCOC(=N)CCSCc1csc(N=C(N)N)n1. The molecule has 1 aromatic heterocycles. The molecule has 0 aliphatic carbocycles. The van der Waals surface area contributed by atoms with E-state index in [0.717, 1.165) is 17.2 Å². The molecule has 0 aliphatic rings. The van der Waals surface area contributed by atoms with Crippen molar-refractivity contribution in [3.8, 4) is 0 Å². The second kappa shape index (κ2) is 7.93. The highest BCUT2D eigenvalue weighted by Crippen LogP contribution is 2.21. The molecule has 0 unspecified atom stereocenters. The van der Waals surface area contributed by atoms with Crippen LogP contribution in [-0.4, -0.2) is 29.2 Å². The molecule has 1 rings (SSSR count). The number of rotatable bonds is 7. The number of thioether (sulfide) groups is 1. The number of guanidine groups is 1. The summed E-state index contributed by atoms with van der Waals surface area (Å²) in [6.07, 6.45) is 0.642. The lowest BCUT2D eigenvalue weighted by Crippen LogP contribution is -2.21. The molecular weight excluding hydrogens is 270 g/mol. The number of hydrogen-bond donors (Lipinski definition) is 3. The summed E-state index contributed by atoms with van der Waals surface area (Å²) in [4.78, 5) is 8.15. The van der Waals surface area contributed by atoms with Gasteiger partial charge in [0.2, 0.25) is 5.13 Å². The van der Waals surface area contributed by atoms with Crippen LogP contribution in [0.15, 0.2) is 10.4 Å². The third-order valence-electron chi connectivity index (χ3n) is 1.81. The topological polar surface area (TPSA) is 110 Å². The third kappa shape index (κ3) is 5.87. The zero-order valence-corrected chi connectivity index (χ0v) is 11.8. The number of ether oxygens (including phenoxy) is 1. The lowest BCUT2D eigenvalue weighted by atomic mass is 10.5. The number of nitrogens with zero attached hydrogens (tertiary/aromatic N) is 2. The van der Waals surface area contributed by atoms with Gasteiger partial charge in [0.15, 0.2) is 11.9 Å². The molecule has 8 heteroatoms. The van der Waals surface area contributed by atoms with Gasteiger partial charge in [-0.2, -0.15) is 16.8 Å². The fraction of sp³-hybridized carbons (Fsp3) is 0.500. The Labute approximate surface area is 114 Å². The summed E-state index contributed by atoms with van der Waals surface area (Å²) in [5.41, 5.74) is 11.5. The quantitative estimate of drug-likeness (QED) is 0.401. The minimum absolute atomic E-state index is 0.0220. The number of hydrogen-bond acceptors (Lipinski definition) is 6. The minimum Gasteiger partial charge on any atom is -0.481 e. The van der Waals surface area contributed by atoms with E-state index in [1.165, 1.54) is 11.3 Å². The maximum atomic E-state index is 7.46. The molecule has 0 aromatic carbocycles. The first-order chi connectivity index (χ1) is 8.61. The van der Waals surface area contributed by atoms with Gasteiger partial charge in [-0.1, -0.05) is 0 Å². The molecule has 100 valence electrons. The number of nitrogens with two attached hydrogens (primary N) is 2. The van der Waals surface area contributed by atoms with Gasteiger partial charge < -0.3 is 16.2 Å². The molecule has 0 aliphatic heterocycles. The van der Waals surface area contributed by atoms with Gasteiger partial charge in [0.05, 0.1) is 12.3 Å². The second-order valence-electron chi connectivity index (χ2n) is 3.32. The van der Waals surface area contributed by atoms with Crippen molar-refractivity contribution in [1.82, 2.24) is 4.98 Å². The van der Waals surface area contributed by atoms with E-state index in [0.29, 0.717) is 24.1 Å². The van der Waals surface area contributed by atoms with E-state index in [-0.39, 0.29) is 5.96 Å². The van der Waals surface area contributed by atoms with Crippen molar-refractivity contribution in [1.29, 1.82) is 5.41 Å². The molecule has 1 heterocycles. The lowest BCUT2D eigenvalue weighted by molar-refractivity contribution is 0.316. The number of aromatic nitrogens is 1. The highest BCUT2D eigenvalue weighted by molar-refractivity contribution is 7.98. The first kappa shape index (κ1) is 14.8. The van der Waals surface area contributed by atoms with Gasteiger partial charge in [0, 0.05) is 23.3 Å². The second-order valence-corrected chi connectivity index (χ2v) is 5.26. The van der Waals surface area contributed by atoms with Crippen LogP contribution < -0.4 is 11.5 Å². The Kier molecular flexibility index (Phi) is 6.51. The Morgan fingerprint density at radius 3 is 3.06 bits per heavy atom. The molecular formula is C10H17N5OS2. The fourth-order valence-corrected chi connectivity index (χ4v) is 2.75. The van der Waals surface area contributed by atoms with Gasteiger partial charge in [-0.05, 0) is 6.92 Å². The molecule has 5 N–H and O–H groups in total. The monoisotopic (exact) mass is 287 g/mol. The Bertz CT molecular complexity index is 414. The zero-order valence-electron chi connectivity index (χ0n) is 10.2. The highest BCUT2D eigenvalue weighted by Gasteiger charge is 2.02. The minimum atomic E-state index is 0.0220. The molecule has 6 nitrogen and oxygen atoms in total. The van der Waals surface area contributed by atoms with Crippen LogP contribution in [0, 0.1) is 5.41 Å². The van der Waals surface area contributed by atoms with Crippen LogP contribution in [0.2, 0.25) is 0 Å². The van der Waals surface area contributed by atoms with Gasteiger partial charge >= 0.3 is 0 Å². The molecule has 0 saturated heterocycles. The number of aliphatic imine (C=N–C) groups is 1. The predicted octanol–water partition coefficient (Wildman–Crippen LogP) is 1.69. The van der Waals surface area contributed by atoms with Gasteiger partial charge in [-0.25, -0.2) is 4.98 Å². The Morgan fingerprint density at radius 2 is 2.39 bits per heavy atom. The summed E-state index contributed by atoms with van der Waals surface area (Å²) in [5.74, 6) is 1.99. The van der Waals surface area contributed by atoms with Crippen LogP contribution >= 0.6 is 23.1 Å². The third-order valence-corrected chi connectivity index (χ3v) is 3.58. The first-order valence-electron chi connectivity index (χ1n) is 5.43. The summed E-state index contributed by atoms with van der Waals surface area (Å²) >= 11 is 3.12. The summed E-state index contributed by atoms with van der Waals surface area (Å²) < 4.78 is 5.05. The molecule has 0 saturated carbocycles. The molecule has 0 radical (unpaired) electrons. The summed E-state index contributed by atoms with van der Waals surface area (Å²) in [7, 11) is 0. The van der Waals surface area contributed by atoms with Crippen molar-refractivity contribution in [2.45, 2.75) is 19.1 Å². The van der Waals surface area contributed by atoms with Gasteiger partial charge in [0.1, 0.15) is 0 Å². The normalized spacial score (nSPS) is 10.1. The molecule has 0 atom stereocenters. The predicted molar refractivity (Wildman–Crippen MR) is 77.7 cm³/mol. The van der Waals surface area contributed by atoms with E-state index < -0.39 is 0 Å². The maximum Gasteiger partial charge on any atom is 0.212 e. The van der Waals surface area contributed by atoms with Crippen LogP contribution in [0.25, 0.3) is 0 Å². The average molecular weight is 287 g/mol. The highest BCUT2D eigenvalue weighted by atomic mass is 32.2. The molecule has 1 aromatic rings. The zero-order chi connectivity index (χ0) is 13.4. The van der Waals surface area contributed by atoms with Crippen molar-refractivity contribution in [2.24, 2.45) is 16.5 Å². The van der Waals surface area contributed by atoms with E-state index in [1.807, 2.05) is 12.3 Å². The lowest BCUT2D eigenvalue weighted by Gasteiger charge is -2.03. The van der Waals surface area contributed by atoms with E-state index >= 15 is 0 Å². The molecule has 18 heavy (non-hydrogen) atoms. The first-order valence-corrected chi connectivity index (χ1v) is 7.47. The molecule has 0 amide bonds. The standard InChI is InChI=1S/C10H17N5OS2/c1-2-16-8(11)3-4-17-5-7-6-18-10(14-7)15-9(12)13/h6,11H,2-5H2,1H3,(H4,12,13,14,15). The largest absolute Gasteiger partial charge is 0.481 e. The van der Waals surface area contributed by atoms with Crippen LogP contribution in [-0.2, 0) is 10.5 Å². The summed E-state index contributed by atoms with van der Waals surface area (Å²) in [6.45, 7) is 2.43. The Balaban J connectivity index is 2.25. The number of nitrogens with one attached hydrogen (secondary N) is 1. The van der Waals surface area contributed by atoms with Crippen LogP contribution in [0.5, 0.6) is 0 Å². The van der Waals surface area contributed by atoms with Crippen molar-refractivity contribution < 1.29 is 4.74 Å².